The molecule has 1 aromatic carbocycles. The zero-order valence-electron chi connectivity index (χ0n) is 16.2. The molecule has 0 fully saturated rings. The fraction of sp³-hybridized carbons (Fsp3) is 0.316. The summed E-state index contributed by atoms with van der Waals surface area (Å²) in [5.41, 5.74) is -0.612. The van der Waals surface area contributed by atoms with Gasteiger partial charge in [0.25, 0.3) is 0 Å². The van der Waals surface area contributed by atoms with Gasteiger partial charge >= 0.3 is 6.18 Å². The maximum Gasteiger partial charge on any atom is 0.419 e. The van der Waals surface area contributed by atoms with Crippen LogP contribution in [-0.4, -0.2) is 28.3 Å². The summed E-state index contributed by atoms with van der Waals surface area (Å²) in [7, 11) is -2.66. The summed E-state index contributed by atoms with van der Waals surface area (Å²) in [6.45, 7) is 6.33. The molecular formula is C19H19F4N4OP. The minimum atomic E-state index is -4.79. The van der Waals surface area contributed by atoms with Crippen LogP contribution in [0.4, 0.5) is 23.4 Å². The second kappa shape index (κ2) is 7.37. The molecule has 2 aromatic heterocycles. The molecule has 3 aromatic rings. The van der Waals surface area contributed by atoms with Gasteiger partial charge in [-0.05, 0) is 39.3 Å². The monoisotopic (exact) mass is 426 g/mol. The van der Waals surface area contributed by atoms with E-state index >= 15 is 0 Å². The van der Waals surface area contributed by atoms with Crippen molar-refractivity contribution < 1.29 is 22.1 Å². The molecule has 0 aliphatic heterocycles. The Hall–Kier alpha value is -2.54. The lowest BCUT2D eigenvalue weighted by Gasteiger charge is -2.19. The van der Waals surface area contributed by atoms with Crippen LogP contribution in [0.25, 0.3) is 10.9 Å². The van der Waals surface area contributed by atoms with Gasteiger partial charge in [0.15, 0.2) is 0 Å². The lowest BCUT2D eigenvalue weighted by molar-refractivity contribution is -0.140. The first-order valence-corrected chi connectivity index (χ1v) is 11.3. The van der Waals surface area contributed by atoms with E-state index in [0.29, 0.717) is 34.0 Å². The number of hydrogen-bond acceptors (Lipinski definition) is 5. The third-order valence-corrected chi connectivity index (χ3v) is 5.73. The Morgan fingerprint density at radius 1 is 1.17 bits per heavy atom. The summed E-state index contributed by atoms with van der Waals surface area (Å²) in [6, 6.07) is 3.93. The molecule has 1 N–H and O–H groups in total. The third kappa shape index (κ3) is 4.40. The van der Waals surface area contributed by atoms with Crippen LogP contribution in [0.3, 0.4) is 0 Å². The molecule has 3 rings (SSSR count). The van der Waals surface area contributed by atoms with Crippen molar-refractivity contribution in [3.05, 3.63) is 53.2 Å². The van der Waals surface area contributed by atoms with E-state index < -0.39 is 30.7 Å². The molecule has 154 valence electrons. The van der Waals surface area contributed by atoms with E-state index in [-0.39, 0.29) is 5.56 Å². The Morgan fingerprint density at radius 3 is 2.48 bits per heavy atom. The third-order valence-electron chi connectivity index (χ3n) is 4.38. The molecule has 0 radical (unpaired) electrons. The number of halogens is 4. The maximum atomic E-state index is 14.5. The van der Waals surface area contributed by atoms with Crippen molar-refractivity contribution >= 4 is 29.3 Å². The first kappa shape index (κ1) is 21.2. The minimum Gasteiger partial charge on any atom is -0.363 e. The van der Waals surface area contributed by atoms with Gasteiger partial charge in [0.2, 0.25) is 0 Å². The van der Waals surface area contributed by atoms with E-state index in [1.807, 2.05) is 0 Å². The Morgan fingerprint density at radius 2 is 1.86 bits per heavy atom. The van der Waals surface area contributed by atoms with Crippen LogP contribution in [0.1, 0.15) is 29.9 Å². The number of benzene rings is 1. The molecule has 0 aliphatic rings. The first-order chi connectivity index (χ1) is 13.4. The average Bonchev–Trinajstić information content (AvgIpc) is 2.59. The van der Waals surface area contributed by atoms with Gasteiger partial charge in [-0.1, -0.05) is 12.1 Å². The molecule has 0 bridgehead atoms. The normalized spacial score (nSPS) is 13.5. The van der Waals surface area contributed by atoms with Crippen LogP contribution < -0.4 is 10.8 Å². The summed E-state index contributed by atoms with van der Waals surface area (Å²) in [4.78, 5) is 12.8. The smallest absolute Gasteiger partial charge is 0.363 e. The Kier molecular flexibility index (Phi) is 5.38. The lowest BCUT2D eigenvalue weighted by Crippen LogP contribution is -2.16. The number of fused-ring (bicyclic) bond motifs is 1. The molecule has 0 spiro atoms. The molecular weight excluding hydrogens is 407 g/mol. The summed E-state index contributed by atoms with van der Waals surface area (Å²) >= 11 is 0. The van der Waals surface area contributed by atoms with Crippen molar-refractivity contribution in [3.63, 3.8) is 0 Å². The molecule has 10 heteroatoms. The number of nitrogens with one attached hydrogen (secondary N) is 1. The standard InChI is InChI=1S/C19H19F4N4OP/c1-10(12-6-5-7-14(17(12)20)19(21,22)23)25-18-13-8-16(29(3,4)28)24-9-15(13)26-11(2)27-18/h5-10H,1-4H3,(H,25,26,27)/t10-/m1/s1. The number of alkyl halides is 3. The molecule has 0 aliphatic carbocycles. The summed E-state index contributed by atoms with van der Waals surface area (Å²) in [5.74, 6) is -0.625. The molecule has 0 saturated carbocycles. The maximum absolute atomic E-state index is 14.5. The van der Waals surface area contributed by atoms with E-state index in [0.717, 1.165) is 6.07 Å². The van der Waals surface area contributed by atoms with Crippen LogP contribution >= 0.6 is 7.14 Å². The topological polar surface area (TPSA) is 67.8 Å². The minimum absolute atomic E-state index is 0.143. The van der Waals surface area contributed by atoms with Gasteiger partial charge in [-0.15, -0.1) is 0 Å². The first-order valence-electron chi connectivity index (χ1n) is 8.70. The highest BCUT2D eigenvalue weighted by molar-refractivity contribution is 7.69. The highest BCUT2D eigenvalue weighted by Gasteiger charge is 2.35. The second-order valence-electron chi connectivity index (χ2n) is 7.10. The van der Waals surface area contributed by atoms with Gasteiger partial charge in [-0.3, -0.25) is 4.98 Å². The molecule has 0 amide bonds. The molecule has 0 unspecified atom stereocenters. The Balaban J connectivity index is 2.07. The number of hydrogen-bond donors (Lipinski definition) is 1. The number of aryl methyl sites for hydroxylation is 1. The number of anilines is 1. The van der Waals surface area contributed by atoms with Gasteiger partial charge in [-0.25, -0.2) is 14.4 Å². The summed E-state index contributed by atoms with van der Waals surface area (Å²) in [5, 5.41) is 3.47. The van der Waals surface area contributed by atoms with Crippen LogP contribution in [0.5, 0.6) is 0 Å². The quantitative estimate of drug-likeness (QED) is 0.474. The SMILES string of the molecule is Cc1nc(N[C@H](C)c2cccc(C(F)(F)F)c2F)c2cc(P(C)(C)=O)ncc2n1. The second-order valence-corrected chi connectivity index (χ2v) is 10.3. The Bertz CT molecular complexity index is 1130. The van der Waals surface area contributed by atoms with Crippen LogP contribution in [-0.2, 0) is 10.7 Å². The predicted molar refractivity (Wildman–Crippen MR) is 105 cm³/mol. The highest BCUT2D eigenvalue weighted by Crippen LogP contribution is 2.36. The number of pyridine rings is 1. The van der Waals surface area contributed by atoms with E-state index in [1.54, 1.807) is 26.3 Å². The molecule has 5 nitrogen and oxygen atoms in total. The van der Waals surface area contributed by atoms with Crippen molar-refractivity contribution in [2.24, 2.45) is 0 Å². The zero-order valence-corrected chi connectivity index (χ0v) is 17.1. The molecule has 29 heavy (non-hydrogen) atoms. The van der Waals surface area contributed by atoms with E-state index in [1.165, 1.54) is 19.2 Å². The summed E-state index contributed by atoms with van der Waals surface area (Å²) < 4.78 is 65.9. The fourth-order valence-electron chi connectivity index (χ4n) is 2.93. The van der Waals surface area contributed by atoms with E-state index in [4.69, 9.17) is 0 Å². The lowest BCUT2D eigenvalue weighted by atomic mass is 10.0. The van der Waals surface area contributed by atoms with E-state index in [9.17, 15) is 22.1 Å². The van der Waals surface area contributed by atoms with Crippen molar-refractivity contribution in [2.75, 3.05) is 18.6 Å². The Labute approximate surface area is 165 Å². The van der Waals surface area contributed by atoms with Crippen molar-refractivity contribution in [1.29, 1.82) is 0 Å². The van der Waals surface area contributed by atoms with Crippen molar-refractivity contribution in [2.45, 2.75) is 26.1 Å². The van der Waals surface area contributed by atoms with Crippen molar-refractivity contribution in [1.82, 2.24) is 15.0 Å². The van der Waals surface area contributed by atoms with Gasteiger partial charge in [-0.2, -0.15) is 13.2 Å². The largest absolute Gasteiger partial charge is 0.419 e. The van der Waals surface area contributed by atoms with Gasteiger partial charge in [0.1, 0.15) is 30.0 Å². The summed E-state index contributed by atoms with van der Waals surface area (Å²) in [6.07, 6.45) is -3.32. The van der Waals surface area contributed by atoms with Crippen molar-refractivity contribution in [3.8, 4) is 0 Å². The number of aromatic nitrogens is 3. The highest BCUT2D eigenvalue weighted by atomic mass is 31.2. The molecule has 0 saturated heterocycles. The van der Waals surface area contributed by atoms with E-state index in [2.05, 4.69) is 20.3 Å². The molecule has 2 heterocycles. The van der Waals surface area contributed by atoms with Gasteiger partial charge < -0.3 is 9.88 Å². The number of nitrogens with zero attached hydrogens (tertiary/aromatic N) is 3. The zero-order chi connectivity index (χ0) is 21.6. The number of rotatable bonds is 4. The van der Waals surface area contributed by atoms with Gasteiger partial charge in [0.05, 0.1) is 23.3 Å². The van der Waals surface area contributed by atoms with Crippen LogP contribution in [0.2, 0.25) is 0 Å². The average molecular weight is 426 g/mol. The van der Waals surface area contributed by atoms with Crippen LogP contribution in [0, 0.1) is 12.7 Å². The van der Waals surface area contributed by atoms with Crippen LogP contribution in [0.15, 0.2) is 30.5 Å². The fourth-order valence-corrected chi connectivity index (χ4v) is 3.70. The molecule has 1 atom stereocenters. The van der Waals surface area contributed by atoms with Gasteiger partial charge in [0, 0.05) is 10.9 Å². The predicted octanol–water partition coefficient (Wildman–Crippen LogP) is 4.91.